The Morgan fingerprint density at radius 1 is 1.15 bits per heavy atom. The minimum Gasteiger partial charge on any atom is -0.478 e. The summed E-state index contributed by atoms with van der Waals surface area (Å²) in [6, 6.07) is -2.67. The van der Waals surface area contributed by atoms with Gasteiger partial charge in [0.05, 0.1) is 36.3 Å². The second-order valence-electron chi connectivity index (χ2n) is 13.8. The van der Waals surface area contributed by atoms with E-state index >= 15 is 4.39 Å². The number of aliphatic carboxylic acids is 1. The molecule has 4 N–H and O–H groups in total. The molecule has 40 heavy (non-hydrogen) atoms. The first-order chi connectivity index (χ1) is 18.9. The number of fused-ring (bicyclic) bond motifs is 3. The molecule has 0 radical (unpaired) electrons. The molecule has 11 atom stereocenters. The maximum atomic E-state index is 16.4. The Labute approximate surface area is 234 Å². The number of ether oxygens (including phenoxy) is 2. The van der Waals surface area contributed by atoms with Crippen LogP contribution in [0.1, 0.15) is 65.7 Å². The molecule has 0 aromatic rings. The summed E-state index contributed by atoms with van der Waals surface area (Å²) in [5, 5.41) is 12.8. The lowest BCUT2D eigenvalue weighted by atomic mass is 9.64. The van der Waals surface area contributed by atoms with Crippen LogP contribution in [-0.4, -0.2) is 100 Å². The van der Waals surface area contributed by atoms with Crippen LogP contribution in [0.4, 0.5) is 9.18 Å². The highest BCUT2D eigenvalue weighted by Gasteiger charge is 2.63. The largest absolute Gasteiger partial charge is 0.478 e. The molecule has 10 nitrogen and oxygen atoms in total. The summed E-state index contributed by atoms with van der Waals surface area (Å²) in [6.07, 6.45) is 5.71. The number of carbonyl (C=O) groups is 3. The van der Waals surface area contributed by atoms with Gasteiger partial charge in [-0.05, 0) is 51.9 Å². The van der Waals surface area contributed by atoms with Crippen molar-refractivity contribution in [3.05, 3.63) is 11.8 Å². The fourth-order valence-electron chi connectivity index (χ4n) is 8.59. The van der Waals surface area contributed by atoms with E-state index in [9.17, 15) is 19.5 Å². The van der Waals surface area contributed by atoms with Crippen LogP contribution >= 0.6 is 0 Å². The average molecular weight is 563 g/mol. The summed E-state index contributed by atoms with van der Waals surface area (Å²) in [4.78, 5) is 42.0. The van der Waals surface area contributed by atoms with Gasteiger partial charge in [0, 0.05) is 31.4 Å². The number of ketones is 1. The van der Waals surface area contributed by atoms with Crippen LogP contribution in [0.3, 0.4) is 0 Å². The highest BCUT2D eigenvalue weighted by molar-refractivity contribution is 6.18. The van der Waals surface area contributed by atoms with E-state index in [0.29, 0.717) is 31.3 Å². The number of carboxylic acids is 1. The molecule has 3 aliphatic heterocycles. The van der Waals surface area contributed by atoms with Crippen LogP contribution in [-0.2, 0) is 19.1 Å². The topological polar surface area (TPSA) is 134 Å². The van der Waals surface area contributed by atoms with E-state index in [2.05, 4.69) is 5.32 Å². The Morgan fingerprint density at radius 3 is 2.52 bits per heavy atom. The third kappa shape index (κ3) is 4.81. The Balaban J connectivity index is 1.29. The third-order valence-electron chi connectivity index (χ3n) is 10.2. The molecule has 2 saturated heterocycles. The number of halogens is 1. The van der Waals surface area contributed by atoms with Gasteiger partial charge in [-0.15, -0.1) is 0 Å². The minimum atomic E-state index is -1.59. The van der Waals surface area contributed by atoms with Gasteiger partial charge in [-0.25, -0.2) is 14.0 Å². The number of hydrogen-bond acceptors (Lipinski definition) is 8. The average Bonchev–Trinajstić information content (AvgIpc) is 3.32. The van der Waals surface area contributed by atoms with Crippen LogP contribution in [0.5, 0.6) is 0 Å². The second kappa shape index (κ2) is 10.2. The summed E-state index contributed by atoms with van der Waals surface area (Å²) >= 11 is 0. The van der Waals surface area contributed by atoms with Gasteiger partial charge in [0.15, 0.2) is 5.78 Å². The highest BCUT2D eigenvalue weighted by atomic mass is 19.1. The zero-order valence-electron chi connectivity index (χ0n) is 23.6. The number of nitrogens with zero attached hydrogens (tertiary/aromatic N) is 2. The lowest BCUT2D eigenvalue weighted by molar-refractivity contribution is -0.222. The molecule has 3 saturated carbocycles. The standard InChI is InChI=1S/C29H43FN4O6/c1-29(2,3)40-28(38)32-16-8-9-33(12-16)24-21(30)22(31)20-23-26(24)39-19-11-15-7-5-4-6-14(15)10-18(19)34(23)13-17(25(20)35)27(36)37/h13-16,18-24,26H,4-12,31H2,1-3H3,(H,32,38)(H,36,37). The van der Waals surface area contributed by atoms with Crippen LogP contribution in [0.2, 0.25) is 0 Å². The number of morpholine rings is 1. The highest BCUT2D eigenvalue weighted by Crippen LogP contribution is 2.50. The number of likely N-dealkylation sites (tertiary alicyclic amines) is 1. The van der Waals surface area contributed by atoms with E-state index in [1.165, 1.54) is 19.0 Å². The van der Waals surface area contributed by atoms with Crippen molar-refractivity contribution in [3.63, 3.8) is 0 Å². The van der Waals surface area contributed by atoms with Crippen molar-refractivity contribution in [2.45, 2.75) is 120 Å². The van der Waals surface area contributed by atoms with Crippen LogP contribution in [0, 0.1) is 17.8 Å². The number of alkyl halides is 1. The molecule has 5 fully saturated rings. The van der Waals surface area contributed by atoms with E-state index in [1.807, 2.05) is 9.80 Å². The van der Waals surface area contributed by atoms with Gasteiger partial charge < -0.3 is 30.5 Å². The molecule has 0 aromatic carbocycles. The number of Topliss-reactive ketones (excluding diaryl/α,β-unsaturated/α-hetero) is 1. The number of carboxylic acid groups (broad SMARTS) is 1. The number of amides is 1. The van der Waals surface area contributed by atoms with Gasteiger partial charge in [0.2, 0.25) is 0 Å². The van der Waals surface area contributed by atoms with Gasteiger partial charge >= 0.3 is 12.1 Å². The zero-order chi connectivity index (χ0) is 28.5. The zero-order valence-corrected chi connectivity index (χ0v) is 23.6. The van der Waals surface area contributed by atoms with Gasteiger partial charge in [-0.3, -0.25) is 9.69 Å². The number of carbonyl (C=O) groups excluding carboxylic acids is 2. The monoisotopic (exact) mass is 562 g/mol. The van der Waals surface area contributed by atoms with E-state index in [4.69, 9.17) is 15.2 Å². The molecule has 11 heteroatoms. The Bertz CT molecular complexity index is 1080. The van der Waals surface area contributed by atoms with Gasteiger partial charge in [-0.2, -0.15) is 0 Å². The molecular weight excluding hydrogens is 519 g/mol. The van der Waals surface area contributed by atoms with Crippen molar-refractivity contribution in [1.29, 1.82) is 0 Å². The lowest BCUT2D eigenvalue weighted by Crippen LogP contribution is -2.77. The maximum Gasteiger partial charge on any atom is 0.407 e. The first-order valence-electron chi connectivity index (χ1n) is 15.0. The predicted octanol–water partition coefficient (Wildman–Crippen LogP) is 2.21. The molecule has 0 spiro atoms. The number of nitrogens with two attached hydrogens (primary N) is 1. The van der Waals surface area contributed by atoms with Crippen molar-refractivity contribution < 1.29 is 33.4 Å². The quantitative estimate of drug-likeness (QED) is 0.443. The maximum absolute atomic E-state index is 16.4. The summed E-state index contributed by atoms with van der Waals surface area (Å²) < 4.78 is 28.6. The summed E-state index contributed by atoms with van der Waals surface area (Å²) in [5.41, 5.74) is 5.56. The minimum absolute atomic E-state index is 0.0604. The molecule has 0 bridgehead atoms. The van der Waals surface area contributed by atoms with E-state index in [1.54, 1.807) is 20.8 Å². The van der Waals surface area contributed by atoms with E-state index < -0.39 is 59.8 Å². The fourth-order valence-corrected chi connectivity index (χ4v) is 8.59. The van der Waals surface area contributed by atoms with Crippen molar-refractivity contribution >= 4 is 17.8 Å². The molecule has 3 aliphatic carbocycles. The molecular formula is C29H43FN4O6. The van der Waals surface area contributed by atoms with Gasteiger partial charge in [0.25, 0.3) is 0 Å². The molecule has 222 valence electrons. The summed E-state index contributed by atoms with van der Waals surface area (Å²) in [6.45, 7) is 6.36. The lowest BCUT2D eigenvalue weighted by Gasteiger charge is -2.62. The van der Waals surface area contributed by atoms with E-state index in [-0.39, 0.29) is 23.8 Å². The Morgan fingerprint density at radius 2 is 1.85 bits per heavy atom. The second-order valence-corrected chi connectivity index (χ2v) is 13.8. The van der Waals surface area contributed by atoms with Crippen LogP contribution < -0.4 is 11.1 Å². The normalized spacial score (nSPS) is 43.2. The fraction of sp³-hybridized carbons (Fsp3) is 0.828. The molecule has 6 aliphatic rings. The number of alkyl carbamates (subject to hydrolysis) is 1. The third-order valence-corrected chi connectivity index (χ3v) is 10.2. The number of nitrogens with one attached hydrogen (secondary N) is 1. The predicted molar refractivity (Wildman–Crippen MR) is 143 cm³/mol. The van der Waals surface area contributed by atoms with Crippen LogP contribution in [0.15, 0.2) is 11.8 Å². The Kier molecular flexibility index (Phi) is 7.14. The summed E-state index contributed by atoms with van der Waals surface area (Å²) in [5.74, 6) is -1.79. The molecule has 1 amide bonds. The van der Waals surface area contributed by atoms with Crippen molar-refractivity contribution in [2.75, 3.05) is 13.1 Å². The molecule has 0 aromatic heterocycles. The van der Waals surface area contributed by atoms with E-state index in [0.717, 1.165) is 25.7 Å². The smallest absolute Gasteiger partial charge is 0.407 e. The van der Waals surface area contributed by atoms with Crippen molar-refractivity contribution in [1.82, 2.24) is 15.1 Å². The molecule has 6 rings (SSSR count). The van der Waals surface area contributed by atoms with Crippen molar-refractivity contribution in [2.24, 2.45) is 23.5 Å². The number of rotatable bonds is 3. The van der Waals surface area contributed by atoms with Gasteiger partial charge in [0.1, 0.15) is 17.3 Å². The SMILES string of the molecule is CC(C)(C)OC(=O)NC1CCN(C2C(F)C(N)C3C(=O)C(C(=O)O)=CN4C5CC6CCCCC6CC5OC2C34)C1. The van der Waals surface area contributed by atoms with Gasteiger partial charge in [-0.1, -0.05) is 25.7 Å². The van der Waals surface area contributed by atoms with Crippen molar-refractivity contribution in [3.8, 4) is 0 Å². The summed E-state index contributed by atoms with van der Waals surface area (Å²) in [7, 11) is 0. The Hall–Kier alpha value is -2.24. The number of hydrogen-bond donors (Lipinski definition) is 3. The first-order valence-corrected chi connectivity index (χ1v) is 15.0. The van der Waals surface area contributed by atoms with Crippen LogP contribution in [0.25, 0.3) is 0 Å². The first kappa shape index (κ1) is 27.9. The molecule has 11 unspecified atom stereocenters. The molecule has 3 heterocycles.